The van der Waals surface area contributed by atoms with Crippen molar-refractivity contribution in [2.24, 2.45) is 0 Å². The third-order valence-electron chi connectivity index (χ3n) is 4.58. The summed E-state index contributed by atoms with van der Waals surface area (Å²) in [6.07, 6.45) is 5.05. The lowest BCUT2D eigenvalue weighted by atomic mass is 10.0. The molecule has 124 valence electrons. The summed E-state index contributed by atoms with van der Waals surface area (Å²) in [6.45, 7) is 0.989. The van der Waals surface area contributed by atoms with Gasteiger partial charge in [0, 0.05) is 35.2 Å². The highest BCUT2D eigenvalue weighted by molar-refractivity contribution is 7.95. The molecule has 0 saturated carbocycles. The van der Waals surface area contributed by atoms with E-state index in [1.54, 1.807) is 0 Å². The molecule has 3 aromatic rings. The molecule has 0 aliphatic carbocycles. The van der Waals surface area contributed by atoms with Gasteiger partial charge in [0.15, 0.2) is 4.90 Å². The van der Waals surface area contributed by atoms with Crippen LogP contribution in [0.25, 0.3) is 22.0 Å². The molecule has 2 nitrogen and oxygen atoms in total. The zero-order valence-electron chi connectivity index (χ0n) is 13.9. The molecular weight excluding hydrogens is 326 g/mol. The number of hydrogen-bond acceptors (Lipinski definition) is 1. The van der Waals surface area contributed by atoms with E-state index in [2.05, 4.69) is 43.5 Å². The molecule has 0 spiro atoms. The number of nitrogens with zero attached hydrogens (tertiary/aromatic N) is 2. The van der Waals surface area contributed by atoms with Crippen molar-refractivity contribution in [3.05, 3.63) is 53.7 Å². The Labute approximate surface area is 143 Å². The summed E-state index contributed by atoms with van der Waals surface area (Å²) >= 11 is -0.254. The van der Waals surface area contributed by atoms with Gasteiger partial charge < -0.3 is 4.90 Å². The van der Waals surface area contributed by atoms with Crippen molar-refractivity contribution >= 4 is 22.0 Å². The first kappa shape index (κ1) is 15.7. The van der Waals surface area contributed by atoms with Crippen molar-refractivity contribution in [3.8, 4) is 11.1 Å². The van der Waals surface area contributed by atoms with E-state index in [9.17, 15) is 8.78 Å². The average Bonchev–Trinajstić information content (AvgIpc) is 2.87. The van der Waals surface area contributed by atoms with Gasteiger partial charge in [0.05, 0.1) is 6.20 Å². The summed E-state index contributed by atoms with van der Waals surface area (Å²) in [5, 5.41) is 0.524. The van der Waals surface area contributed by atoms with Crippen LogP contribution in [-0.2, 0) is 17.5 Å². The molecule has 1 atom stereocenters. The maximum Gasteiger partial charge on any atom is 0.189 e. The molecule has 24 heavy (non-hydrogen) atoms. The average molecular weight is 345 g/mol. The van der Waals surface area contributed by atoms with Crippen molar-refractivity contribution in [3.63, 3.8) is 0 Å². The second kappa shape index (κ2) is 5.60. The fourth-order valence-corrected chi connectivity index (χ4v) is 5.06. The summed E-state index contributed by atoms with van der Waals surface area (Å²) in [6, 6.07) is 8.84. The highest BCUT2D eigenvalue weighted by Crippen LogP contribution is 2.43. The fraction of sp³-hybridized carbons (Fsp3) is 0.263. The lowest BCUT2D eigenvalue weighted by Crippen LogP contribution is -2.17. The zero-order valence-corrected chi connectivity index (χ0v) is 14.8. The van der Waals surface area contributed by atoms with Gasteiger partial charge in [0.25, 0.3) is 0 Å². The van der Waals surface area contributed by atoms with Crippen LogP contribution >= 0.6 is 0 Å². The second-order valence-electron chi connectivity index (χ2n) is 6.51. The largest absolute Gasteiger partial charge is 0.309 e. The first-order chi connectivity index (χ1) is 11.5. The summed E-state index contributed by atoms with van der Waals surface area (Å²) in [7, 11) is 4.13. The third kappa shape index (κ3) is 2.34. The fourth-order valence-electron chi connectivity index (χ4n) is 3.33. The maximum atomic E-state index is 14.4. The van der Waals surface area contributed by atoms with Gasteiger partial charge in [-0.1, -0.05) is 6.07 Å². The van der Waals surface area contributed by atoms with Crippen LogP contribution in [0.1, 0.15) is 5.56 Å². The Kier molecular flexibility index (Phi) is 3.66. The van der Waals surface area contributed by atoms with Crippen molar-refractivity contribution in [2.45, 2.75) is 11.3 Å². The number of benzene rings is 2. The zero-order chi connectivity index (χ0) is 17.0. The van der Waals surface area contributed by atoms with E-state index in [-0.39, 0.29) is 11.1 Å². The van der Waals surface area contributed by atoms with Crippen LogP contribution in [0.3, 0.4) is 0 Å². The number of halogens is 2. The van der Waals surface area contributed by atoms with Gasteiger partial charge in [0.2, 0.25) is 0 Å². The van der Waals surface area contributed by atoms with Gasteiger partial charge in [-0.25, -0.2) is 8.78 Å². The summed E-state index contributed by atoms with van der Waals surface area (Å²) < 4.78 is 30.1. The number of rotatable bonds is 3. The Morgan fingerprint density at radius 2 is 1.88 bits per heavy atom. The van der Waals surface area contributed by atoms with Gasteiger partial charge in [-0.05, 0) is 38.2 Å². The molecule has 2 aromatic carbocycles. The number of likely N-dealkylation sites (N-methyl/N-ethyl adjacent to an activating group) is 1. The normalized spacial score (nSPS) is 16.0. The third-order valence-corrected chi connectivity index (χ3v) is 6.45. The van der Waals surface area contributed by atoms with E-state index in [0.717, 1.165) is 30.2 Å². The van der Waals surface area contributed by atoms with E-state index < -0.39 is 11.6 Å². The van der Waals surface area contributed by atoms with Gasteiger partial charge in [-0.2, -0.15) is 3.97 Å². The van der Waals surface area contributed by atoms with Crippen molar-refractivity contribution < 1.29 is 8.78 Å². The summed E-state index contributed by atoms with van der Waals surface area (Å²) in [5.74, 6) is -1.01. The van der Waals surface area contributed by atoms with E-state index in [0.29, 0.717) is 10.9 Å². The predicted octanol–water partition coefficient (Wildman–Crippen LogP) is 4.07. The molecule has 0 saturated heterocycles. The van der Waals surface area contributed by atoms with Crippen LogP contribution in [0.2, 0.25) is 0 Å². The Morgan fingerprint density at radius 3 is 2.62 bits per heavy atom. The van der Waals surface area contributed by atoms with Crippen LogP contribution in [0.15, 0.2) is 41.4 Å². The van der Waals surface area contributed by atoms with Crippen molar-refractivity contribution in [1.29, 1.82) is 0 Å². The van der Waals surface area contributed by atoms with Gasteiger partial charge in [0.1, 0.15) is 34.5 Å². The Balaban J connectivity index is 1.88. The molecule has 4 rings (SSSR count). The molecule has 1 aromatic heterocycles. The van der Waals surface area contributed by atoms with Gasteiger partial charge in [-0.15, -0.1) is 0 Å². The minimum Gasteiger partial charge on any atom is -0.309 e. The minimum atomic E-state index is -0.527. The molecule has 1 aliphatic heterocycles. The topological polar surface area (TPSA) is 8.17 Å². The summed E-state index contributed by atoms with van der Waals surface area (Å²) in [5.41, 5.74) is 3.84. The van der Waals surface area contributed by atoms with E-state index in [1.165, 1.54) is 16.5 Å². The predicted molar refractivity (Wildman–Crippen MR) is 96.5 cm³/mol. The molecule has 0 fully saturated rings. The molecule has 2 heterocycles. The monoisotopic (exact) mass is 345 g/mol. The molecule has 0 radical (unpaired) electrons. The highest BCUT2D eigenvalue weighted by atomic mass is 32.2. The number of hydrogen-bond donors (Lipinski definition) is 0. The quantitative estimate of drug-likeness (QED) is 0.650. The smallest absolute Gasteiger partial charge is 0.189 e. The minimum absolute atomic E-state index is 0.254. The molecule has 2 bridgehead atoms. The standard InChI is InChI=1S/C19H19F2N2S/c1-22(2)7-6-12-4-5-14-15-11-23(24(3)18(14)8-12)17-10-13(20)9-16(21)19(15)17/h4-5,8-11H,6-7H2,1-3H3/q+1. The van der Waals surface area contributed by atoms with Crippen LogP contribution in [0.5, 0.6) is 0 Å². The molecule has 0 N–H and O–H groups in total. The SMILES string of the molecule is CN(C)CCc1ccc2c(c1)[S+](C)n1cc-2c2c(F)cc(F)cc21. The summed E-state index contributed by atoms with van der Waals surface area (Å²) in [4.78, 5) is 3.37. The molecule has 1 unspecified atom stereocenters. The van der Waals surface area contributed by atoms with Crippen molar-refractivity contribution in [1.82, 2.24) is 8.87 Å². The molecular formula is C19H19F2N2S+. The first-order valence-electron chi connectivity index (χ1n) is 7.90. The Bertz CT molecular complexity index is 946. The lowest BCUT2D eigenvalue weighted by molar-refractivity contribution is 0.413. The Hall–Kier alpha value is -1.85. The van der Waals surface area contributed by atoms with E-state index in [4.69, 9.17) is 0 Å². The molecule has 1 aliphatic rings. The van der Waals surface area contributed by atoms with Crippen LogP contribution in [0.4, 0.5) is 8.78 Å². The van der Waals surface area contributed by atoms with Crippen molar-refractivity contribution in [2.75, 3.05) is 26.9 Å². The first-order valence-corrected chi connectivity index (χ1v) is 9.49. The number of aromatic nitrogens is 1. The number of fused-ring (bicyclic) bond motifs is 7. The van der Waals surface area contributed by atoms with Gasteiger partial charge in [-0.3, -0.25) is 0 Å². The maximum absolute atomic E-state index is 14.4. The molecule has 5 heteroatoms. The van der Waals surface area contributed by atoms with Crippen LogP contribution < -0.4 is 0 Å². The lowest BCUT2D eigenvalue weighted by Gasteiger charge is -2.14. The highest BCUT2D eigenvalue weighted by Gasteiger charge is 2.34. The van der Waals surface area contributed by atoms with Crippen LogP contribution in [-0.4, -0.2) is 35.8 Å². The van der Waals surface area contributed by atoms with Crippen LogP contribution in [0, 0.1) is 11.6 Å². The molecule has 0 amide bonds. The second-order valence-corrected chi connectivity index (χ2v) is 8.30. The van der Waals surface area contributed by atoms with E-state index in [1.807, 2.05) is 10.2 Å². The Morgan fingerprint density at radius 1 is 1.08 bits per heavy atom. The van der Waals surface area contributed by atoms with Gasteiger partial charge >= 0.3 is 0 Å². The van der Waals surface area contributed by atoms with E-state index >= 15 is 0 Å².